The Kier molecular flexibility index (Phi) is 7.82. The van der Waals surface area contributed by atoms with E-state index in [0.717, 1.165) is 22.3 Å². The predicted molar refractivity (Wildman–Crippen MR) is 123 cm³/mol. The molecule has 0 fully saturated rings. The molecule has 1 amide bonds. The Labute approximate surface area is 188 Å². The van der Waals surface area contributed by atoms with Crippen molar-refractivity contribution in [2.45, 2.75) is 51.0 Å². The normalized spacial score (nSPS) is 13.0. The molecule has 0 saturated heterocycles. The van der Waals surface area contributed by atoms with Crippen molar-refractivity contribution in [3.8, 4) is 11.1 Å². The van der Waals surface area contributed by atoms with E-state index in [0.29, 0.717) is 31.3 Å². The van der Waals surface area contributed by atoms with Crippen LogP contribution in [0.1, 0.15) is 56.1 Å². The van der Waals surface area contributed by atoms with Gasteiger partial charge in [-0.3, -0.25) is 4.79 Å². The third-order valence-corrected chi connectivity index (χ3v) is 5.81. The standard InChI is InChI=1S/C26H29NO5/c1-17(2)24(28)15-5-3-4-14-23(25(29)30)27-26(31)32-16-22-20-12-8-6-10-18(20)19-11-7-9-13-21(19)22/h6-13,22-23H,1,3-5,14-16H2,2H3,(H,27,31)(H,29,30). The summed E-state index contributed by atoms with van der Waals surface area (Å²) in [5, 5.41) is 11.9. The van der Waals surface area contributed by atoms with Crippen molar-refractivity contribution in [3.63, 3.8) is 0 Å². The maximum absolute atomic E-state index is 12.3. The summed E-state index contributed by atoms with van der Waals surface area (Å²) in [6.45, 7) is 5.44. The van der Waals surface area contributed by atoms with Gasteiger partial charge in [0.2, 0.25) is 0 Å². The van der Waals surface area contributed by atoms with Crippen LogP contribution in [-0.2, 0) is 14.3 Å². The molecule has 168 valence electrons. The van der Waals surface area contributed by atoms with E-state index in [1.165, 1.54) is 0 Å². The van der Waals surface area contributed by atoms with Crippen molar-refractivity contribution in [1.82, 2.24) is 5.32 Å². The number of allylic oxidation sites excluding steroid dienone is 1. The molecule has 2 aromatic carbocycles. The van der Waals surface area contributed by atoms with Gasteiger partial charge in [-0.05, 0) is 47.6 Å². The summed E-state index contributed by atoms with van der Waals surface area (Å²) in [6, 6.07) is 15.0. The molecule has 1 unspecified atom stereocenters. The average Bonchev–Trinajstić information content (AvgIpc) is 3.10. The summed E-state index contributed by atoms with van der Waals surface area (Å²) in [5.74, 6) is -1.16. The molecular weight excluding hydrogens is 406 g/mol. The first-order valence-corrected chi connectivity index (χ1v) is 10.9. The molecule has 2 N–H and O–H groups in total. The number of carboxylic acids is 1. The number of carbonyl (C=O) groups excluding carboxylic acids is 2. The van der Waals surface area contributed by atoms with E-state index < -0.39 is 18.1 Å². The van der Waals surface area contributed by atoms with E-state index >= 15 is 0 Å². The van der Waals surface area contributed by atoms with Crippen LogP contribution in [0.5, 0.6) is 0 Å². The largest absolute Gasteiger partial charge is 0.480 e. The van der Waals surface area contributed by atoms with E-state index in [-0.39, 0.29) is 24.7 Å². The number of hydrogen-bond donors (Lipinski definition) is 2. The monoisotopic (exact) mass is 435 g/mol. The highest BCUT2D eigenvalue weighted by atomic mass is 16.5. The first-order chi connectivity index (χ1) is 15.4. The maximum atomic E-state index is 12.3. The molecular formula is C26H29NO5. The van der Waals surface area contributed by atoms with Gasteiger partial charge in [0, 0.05) is 12.3 Å². The fourth-order valence-electron chi connectivity index (χ4n) is 4.06. The molecule has 0 heterocycles. The van der Waals surface area contributed by atoms with Crippen molar-refractivity contribution < 1.29 is 24.2 Å². The Bertz CT molecular complexity index is 967. The Morgan fingerprint density at radius 1 is 1.00 bits per heavy atom. The molecule has 0 aromatic heterocycles. The van der Waals surface area contributed by atoms with Crippen LogP contribution in [-0.4, -0.2) is 35.6 Å². The molecule has 0 saturated carbocycles. The zero-order valence-electron chi connectivity index (χ0n) is 18.3. The number of fused-ring (bicyclic) bond motifs is 3. The Morgan fingerprint density at radius 2 is 1.59 bits per heavy atom. The van der Waals surface area contributed by atoms with Crippen molar-refractivity contribution in [2.24, 2.45) is 0 Å². The van der Waals surface area contributed by atoms with E-state index in [9.17, 15) is 19.5 Å². The molecule has 32 heavy (non-hydrogen) atoms. The number of nitrogens with one attached hydrogen (secondary N) is 1. The quantitative estimate of drug-likeness (QED) is 0.380. The lowest BCUT2D eigenvalue weighted by atomic mass is 9.98. The van der Waals surface area contributed by atoms with Crippen molar-refractivity contribution >= 4 is 17.8 Å². The summed E-state index contributed by atoms with van der Waals surface area (Å²) in [6.07, 6.45) is 1.91. The first-order valence-electron chi connectivity index (χ1n) is 10.9. The molecule has 1 atom stereocenters. The van der Waals surface area contributed by atoms with Gasteiger partial charge in [-0.1, -0.05) is 68.0 Å². The van der Waals surface area contributed by atoms with E-state index in [1.807, 2.05) is 36.4 Å². The number of aliphatic carboxylic acids is 1. The van der Waals surface area contributed by atoms with Crippen LogP contribution >= 0.6 is 0 Å². The molecule has 1 aliphatic carbocycles. The lowest BCUT2D eigenvalue weighted by molar-refractivity contribution is -0.139. The average molecular weight is 436 g/mol. The van der Waals surface area contributed by atoms with Gasteiger partial charge in [-0.2, -0.15) is 0 Å². The second kappa shape index (κ2) is 10.8. The van der Waals surface area contributed by atoms with Gasteiger partial charge in [-0.25, -0.2) is 9.59 Å². The van der Waals surface area contributed by atoms with Gasteiger partial charge in [0.25, 0.3) is 0 Å². The topological polar surface area (TPSA) is 92.7 Å². The fraction of sp³-hybridized carbons (Fsp3) is 0.346. The summed E-state index contributed by atoms with van der Waals surface area (Å²) in [4.78, 5) is 35.4. The smallest absolute Gasteiger partial charge is 0.407 e. The lowest BCUT2D eigenvalue weighted by Gasteiger charge is -2.17. The SMILES string of the molecule is C=C(C)C(=O)CCCCCC(NC(=O)OCC1c2ccccc2-c2ccccc21)C(=O)O. The minimum atomic E-state index is -1.10. The highest BCUT2D eigenvalue weighted by Crippen LogP contribution is 2.44. The third kappa shape index (κ3) is 5.63. The van der Waals surface area contributed by atoms with Gasteiger partial charge < -0.3 is 15.2 Å². The molecule has 0 spiro atoms. The second-order valence-corrected chi connectivity index (χ2v) is 8.16. The number of carboxylic acid groups (broad SMARTS) is 1. The second-order valence-electron chi connectivity index (χ2n) is 8.16. The number of ketones is 1. The number of Topliss-reactive ketones (excluding diaryl/α,β-unsaturated/α-hetero) is 1. The van der Waals surface area contributed by atoms with Crippen molar-refractivity contribution in [2.75, 3.05) is 6.61 Å². The molecule has 0 bridgehead atoms. The van der Waals surface area contributed by atoms with Gasteiger partial charge in [-0.15, -0.1) is 0 Å². The van der Waals surface area contributed by atoms with E-state index in [1.54, 1.807) is 6.92 Å². The van der Waals surface area contributed by atoms with Gasteiger partial charge in [0.15, 0.2) is 5.78 Å². The summed E-state index contributed by atoms with van der Waals surface area (Å²) < 4.78 is 5.44. The minimum Gasteiger partial charge on any atom is -0.480 e. The van der Waals surface area contributed by atoms with Crippen LogP contribution in [0.25, 0.3) is 11.1 Å². The van der Waals surface area contributed by atoms with Crippen LogP contribution in [0.15, 0.2) is 60.7 Å². The zero-order valence-corrected chi connectivity index (χ0v) is 18.3. The fourth-order valence-corrected chi connectivity index (χ4v) is 4.06. The van der Waals surface area contributed by atoms with Crippen LogP contribution in [0.3, 0.4) is 0 Å². The number of alkyl carbamates (subject to hydrolysis) is 1. The van der Waals surface area contributed by atoms with Crippen LogP contribution in [0.4, 0.5) is 4.79 Å². The Hall–Kier alpha value is -3.41. The number of rotatable bonds is 11. The van der Waals surface area contributed by atoms with Gasteiger partial charge >= 0.3 is 12.1 Å². The van der Waals surface area contributed by atoms with Gasteiger partial charge in [0.05, 0.1) is 0 Å². The number of hydrogen-bond acceptors (Lipinski definition) is 4. The summed E-state index contributed by atoms with van der Waals surface area (Å²) in [7, 11) is 0. The summed E-state index contributed by atoms with van der Waals surface area (Å²) in [5.41, 5.74) is 4.99. The number of benzene rings is 2. The molecule has 0 aliphatic heterocycles. The summed E-state index contributed by atoms with van der Waals surface area (Å²) >= 11 is 0. The van der Waals surface area contributed by atoms with E-state index in [4.69, 9.17) is 4.74 Å². The molecule has 6 heteroatoms. The van der Waals surface area contributed by atoms with Crippen LogP contribution in [0, 0.1) is 0 Å². The van der Waals surface area contributed by atoms with Crippen LogP contribution < -0.4 is 5.32 Å². The Morgan fingerprint density at radius 3 is 2.16 bits per heavy atom. The molecule has 0 radical (unpaired) electrons. The molecule has 2 aromatic rings. The highest BCUT2D eigenvalue weighted by molar-refractivity contribution is 5.94. The lowest BCUT2D eigenvalue weighted by Crippen LogP contribution is -2.41. The highest BCUT2D eigenvalue weighted by Gasteiger charge is 2.29. The molecule has 3 rings (SSSR count). The Balaban J connectivity index is 1.50. The third-order valence-electron chi connectivity index (χ3n) is 5.81. The predicted octanol–water partition coefficient (Wildman–Crippen LogP) is 5.07. The number of amides is 1. The number of unbranched alkanes of at least 4 members (excludes halogenated alkanes) is 2. The zero-order chi connectivity index (χ0) is 23.1. The minimum absolute atomic E-state index is 0.0246. The van der Waals surface area contributed by atoms with Crippen molar-refractivity contribution in [3.05, 3.63) is 71.8 Å². The molecule has 6 nitrogen and oxygen atoms in total. The number of ether oxygens (including phenoxy) is 1. The number of carbonyl (C=O) groups is 3. The molecule has 1 aliphatic rings. The van der Waals surface area contributed by atoms with Gasteiger partial charge in [0.1, 0.15) is 12.6 Å². The first kappa shape index (κ1) is 23.3. The van der Waals surface area contributed by atoms with Crippen LogP contribution in [0.2, 0.25) is 0 Å². The van der Waals surface area contributed by atoms with E-state index in [2.05, 4.69) is 24.0 Å². The van der Waals surface area contributed by atoms with Crippen molar-refractivity contribution in [1.29, 1.82) is 0 Å². The maximum Gasteiger partial charge on any atom is 0.407 e.